The third-order valence-corrected chi connectivity index (χ3v) is 2.21. The Morgan fingerprint density at radius 2 is 1.86 bits per heavy atom. The first-order valence-corrected chi connectivity index (χ1v) is 5.00. The predicted molar refractivity (Wildman–Crippen MR) is 59.2 cm³/mol. The van der Waals surface area contributed by atoms with Crippen molar-refractivity contribution in [2.24, 2.45) is 11.1 Å². The van der Waals surface area contributed by atoms with Gasteiger partial charge < -0.3 is 15.5 Å². The van der Waals surface area contributed by atoms with Crippen molar-refractivity contribution in [3.8, 4) is 0 Å². The van der Waals surface area contributed by atoms with Gasteiger partial charge in [0.25, 0.3) is 0 Å². The Kier molecular flexibility index (Phi) is 4.91. The van der Waals surface area contributed by atoms with E-state index in [0.29, 0.717) is 13.1 Å². The molecule has 2 amide bonds. The van der Waals surface area contributed by atoms with Crippen LogP contribution in [-0.2, 0) is 0 Å². The minimum Gasteiger partial charge on any atom is -0.331 e. The molecule has 0 aliphatic carbocycles. The molecule has 0 unspecified atom stereocenters. The van der Waals surface area contributed by atoms with Crippen LogP contribution in [0.15, 0.2) is 0 Å². The van der Waals surface area contributed by atoms with Crippen LogP contribution in [0.25, 0.3) is 0 Å². The summed E-state index contributed by atoms with van der Waals surface area (Å²) in [4.78, 5) is 15.1. The molecule has 0 bridgehead atoms. The van der Waals surface area contributed by atoms with Gasteiger partial charge in [-0.15, -0.1) is 0 Å². The molecule has 0 rings (SSSR count). The SMILES string of the molecule is CCN(CC(C)(C)CN)C(=O)N(C)C. The third-order valence-electron chi connectivity index (χ3n) is 2.21. The number of carbonyl (C=O) groups excluding carboxylic acids is 1. The lowest BCUT2D eigenvalue weighted by molar-refractivity contribution is 0.150. The Labute approximate surface area is 87.0 Å². The fourth-order valence-electron chi connectivity index (χ4n) is 1.18. The molecule has 0 heterocycles. The molecule has 2 N–H and O–H groups in total. The molecule has 0 aliphatic rings. The van der Waals surface area contributed by atoms with Gasteiger partial charge in [0.1, 0.15) is 0 Å². The van der Waals surface area contributed by atoms with Gasteiger partial charge in [-0.25, -0.2) is 4.79 Å². The highest BCUT2D eigenvalue weighted by molar-refractivity contribution is 5.73. The molecule has 0 radical (unpaired) electrons. The van der Waals surface area contributed by atoms with Crippen LogP contribution < -0.4 is 5.73 Å². The first-order chi connectivity index (χ1) is 6.34. The number of hydrogen-bond acceptors (Lipinski definition) is 2. The Morgan fingerprint density at radius 1 is 1.36 bits per heavy atom. The summed E-state index contributed by atoms with van der Waals surface area (Å²) in [6.07, 6.45) is 0. The molecule has 4 nitrogen and oxygen atoms in total. The average molecular weight is 201 g/mol. The first-order valence-electron chi connectivity index (χ1n) is 5.00. The lowest BCUT2D eigenvalue weighted by atomic mass is 9.93. The van der Waals surface area contributed by atoms with Crippen molar-refractivity contribution in [1.29, 1.82) is 0 Å². The molecular formula is C10H23N3O. The number of urea groups is 1. The number of nitrogens with two attached hydrogens (primary N) is 1. The Balaban J connectivity index is 4.37. The second-order valence-electron chi connectivity index (χ2n) is 4.56. The zero-order chi connectivity index (χ0) is 11.4. The minimum atomic E-state index is -0.0122. The molecule has 14 heavy (non-hydrogen) atoms. The maximum atomic E-state index is 11.7. The second-order valence-corrected chi connectivity index (χ2v) is 4.56. The van der Waals surface area contributed by atoms with Crippen LogP contribution in [0.2, 0.25) is 0 Å². The molecule has 0 saturated carbocycles. The van der Waals surface area contributed by atoms with Crippen LogP contribution in [0.4, 0.5) is 4.79 Å². The fourth-order valence-corrected chi connectivity index (χ4v) is 1.18. The summed E-state index contributed by atoms with van der Waals surface area (Å²) in [6, 6.07) is 0.0500. The number of carbonyl (C=O) groups is 1. The van der Waals surface area contributed by atoms with Gasteiger partial charge in [0, 0.05) is 27.2 Å². The van der Waals surface area contributed by atoms with Crippen LogP contribution >= 0.6 is 0 Å². The molecule has 0 fully saturated rings. The topological polar surface area (TPSA) is 49.6 Å². The smallest absolute Gasteiger partial charge is 0.319 e. The number of hydrogen-bond donors (Lipinski definition) is 1. The quantitative estimate of drug-likeness (QED) is 0.737. The minimum absolute atomic E-state index is 0.0122. The summed E-state index contributed by atoms with van der Waals surface area (Å²) in [6.45, 7) is 8.13. The van der Waals surface area contributed by atoms with Gasteiger partial charge in [-0.3, -0.25) is 0 Å². The average Bonchev–Trinajstić information content (AvgIpc) is 2.13. The molecule has 4 heteroatoms. The zero-order valence-electron chi connectivity index (χ0n) is 10.0. The van der Waals surface area contributed by atoms with Crippen molar-refractivity contribution in [2.75, 3.05) is 33.7 Å². The Morgan fingerprint density at radius 3 is 2.14 bits per heavy atom. The number of nitrogens with zero attached hydrogens (tertiary/aromatic N) is 2. The molecule has 84 valence electrons. The van der Waals surface area contributed by atoms with E-state index >= 15 is 0 Å². The summed E-state index contributed by atoms with van der Waals surface area (Å²) in [5.41, 5.74) is 5.62. The van der Waals surface area contributed by atoms with E-state index in [1.54, 1.807) is 19.0 Å². The maximum Gasteiger partial charge on any atom is 0.319 e. The van der Waals surface area contributed by atoms with Gasteiger partial charge in [0.15, 0.2) is 0 Å². The largest absolute Gasteiger partial charge is 0.331 e. The molecule has 0 spiro atoms. The number of rotatable bonds is 4. The molecule has 0 saturated heterocycles. The van der Waals surface area contributed by atoms with E-state index in [-0.39, 0.29) is 11.4 Å². The summed E-state index contributed by atoms with van der Waals surface area (Å²) in [5, 5.41) is 0. The number of amides is 2. The molecule has 0 aromatic carbocycles. The van der Waals surface area contributed by atoms with E-state index in [1.165, 1.54) is 0 Å². The predicted octanol–water partition coefficient (Wildman–Crippen LogP) is 0.975. The third kappa shape index (κ3) is 3.96. The maximum absolute atomic E-state index is 11.7. The van der Waals surface area contributed by atoms with Gasteiger partial charge >= 0.3 is 6.03 Å². The zero-order valence-corrected chi connectivity index (χ0v) is 10.0. The Hall–Kier alpha value is -0.770. The molecule has 0 aromatic rings. The van der Waals surface area contributed by atoms with Gasteiger partial charge in [0.2, 0.25) is 0 Å². The van der Waals surface area contributed by atoms with Gasteiger partial charge in [-0.1, -0.05) is 13.8 Å². The van der Waals surface area contributed by atoms with Crippen molar-refractivity contribution in [3.63, 3.8) is 0 Å². The normalized spacial score (nSPS) is 11.3. The first kappa shape index (κ1) is 13.2. The van der Waals surface area contributed by atoms with Crippen molar-refractivity contribution >= 4 is 6.03 Å². The molecule has 0 aromatic heterocycles. The molecule has 0 atom stereocenters. The highest BCUT2D eigenvalue weighted by Gasteiger charge is 2.23. The van der Waals surface area contributed by atoms with Crippen LogP contribution in [0.3, 0.4) is 0 Å². The second kappa shape index (κ2) is 5.20. The van der Waals surface area contributed by atoms with Crippen LogP contribution in [-0.4, -0.2) is 49.6 Å². The standard InChI is InChI=1S/C10H23N3O/c1-6-13(9(14)12(4)5)8-10(2,3)7-11/h6-8,11H2,1-5H3. The van der Waals surface area contributed by atoms with E-state index in [0.717, 1.165) is 6.54 Å². The highest BCUT2D eigenvalue weighted by Crippen LogP contribution is 2.15. The molecular weight excluding hydrogens is 178 g/mol. The van der Waals surface area contributed by atoms with Crippen molar-refractivity contribution in [1.82, 2.24) is 9.80 Å². The van der Waals surface area contributed by atoms with E-state index in [2.05, 4.69) is 13.8 Å². The van der Waals surface area contributed by atoms with E-state index in [1.807, 2.05) is 11.8 Å². The van der Waals surface area contributed by atoms with Crippen LogP contribution in [0, 0.1) is 5.41 Å². The lowest BCUT2D eigenvalue weighted by Gasteiger charge is -2.32. The summed E-state index contributed by atoms with van der Waals surface area (Å²) < 4.78 is 0. The fraction of sp³-hybridized carbons (Fsp3) is 0.900. The van der Waals surface area contributed by atoms with Crippen LogP contribution in [0.5, 0.6) is 0 Å². The van der Waals surface area contributed by atoms with Crippen molar-refractivity contribution in [3.05, 3.63) is 0 Å². The monoisotopic (exact) mass is 201 g/mol. The summed E-state index contributed by atoms with van der Waals surface area (Å²) >= 11 is 0. The Bertz CT molecular complexity index is 190. The van der Waals surface area contributed by atoms with Crippen molar-refractivity contribution < 1.29 is 4.79 Å². The summed E-state index contributed by atoms with van der Waals surface area (Å²) in [5.74, 6) is 0. The van der Waals surface area contributed by atoms with Gasteiger partial charge in [-0.05, 0) is 18.9 Å². The van der Waals surface area contributed by atoms with Crippen molar-refractivity contribution in [2.45, 2.75) is 20.8 Å². The van der Waals surface area contributed by atoms with E-state index in [9.17, 15) is 4.79 Å². The van der Waals surface area contributed by atoms with E-state index in [4.69, 9.17) is 5.73 Å². The van der Waals surface area contributed by atoms with Gasteiger partial charge in [0.05, 0.1) is 0 Å². The van der Waals surface area contributed by atoms with E-state index < -0.39 is 0 Å². The van der Waals surface area contributed by atoms with Gasteiger partial charge in [-0.2, -0.15) is 0 Å². The van der Waals surface area contributed by atoms with Crippen LogP contribution in [0.1, 0.15) is 20.8 Å². The molecule has 0 aliphatic heterocycles. The lowest BCUT2D eigenvalue weighted by Crippen LogP contribution is -2.45. The summed E-state index contributed by atoms with van der Waals surface area (Å²) in [7, 11) is 3.53. The highest BCUT2D eigenvalue weighted by atomic mass is 16.2.